The lowest BCUT2D eigenvalue weighted by molar-refractivity contribution is -0.122. The molecule has 0 unspecified atom stereocenters. The summed E-state index contributed by atoms with van der Waals surface area (Å²) in [6.45, 7) is 4.99. The van der Waals surface area contributed by atoms with E-state index < -0.39 is 0 Å². The molecule has 0 spiro atoms. The fourth-order valence-electron chi connectivity index (χ4n) is 5.15. The number of thiocarbonyl (C=S) groups is 1. The Morgan fingerprint density at radius 3 is 2.39 bits per heavy atom. The fraction of sp³-hybridized carbons (Fsp3) is 0.226. The van der Waals surface area contributed by atoms with Gasteiger partial charge in [-0.2, -0.15) is 0 Å². The Hall–Kier alpha value is -4.02. The number of piperazine rings is 1. The van der Waals surface area contributed by atoms with Gasteiger partial charge in [-0.3, -0.25) is 18.9 Å². The summed E-state index contributed by atoms with van der Waals surface area (Å²) in [7, 11) is 0. The summed E-state index contributed by atoms with van der Waals surface area (Å²) >= 11 is 6.79. The van der Waals surface area contributed by atoms with Gasteiger partial charge in [-0.05, 0) is 60.9 Å². The van der Waals surface area contributed by atoms with Crippen molar-refractivity contribution < 1.29 is 9.18 Å². The molecule has 0 bridgehead atoms. The quantitative estimate of drug-likeness (QED) is 0.235. The van der Waals surface area contributed by atoms with Gasteiger partial charge in [-0.15, -0.1) is 0 Å². The first-order chi connectivity index (χ1) is 19.9. The molecule has 1 amide bonds. The number of thioether (sulfide) groups is 1. The Balaban J connectivity index is 1.31. The Kier molecular flexibility index (Phi) is 7.59. The third-order valence-corrected chi connectivity index (χ3v) is 8.75. The topological polar surface area (TPSA) is 61.2 Å². The van der Waals surface area contributed by atoms with E-state index in [9.17, 15) is 14.0 Å². The zero-order valence-corrected chi connectivity index (χ0v) is 24.1. The summed E-state index contributed by atoms with van der Waals surface area (Å²) in [4.78, 5) is 38.5. The molecule has 0 saturated carbocycles. The minimum Gasteiger partial charge on any atom is -0.368 e. The first-order valence-corrected chi connectivity index (χ1v) is 14.7. The van der Waals surface area contributed by atoms with Gasteiger partial charge in [0.1, 0.15) is 21.6 Å². The van der Waals surface area contributed by atoms with E-state index in [1.807, 2.05) is 49.4 Å². The molecule has 2 saturated heterocycles. The summed E-state index contributed by atoms with van der Waals surface area (Å²) in [5, 5.41) is 0. The number of nitrogens with zero attached hydrogens (tertiary/aromatic N) is 5. The maximum Gasteiger partial charge on any atom is 0.267 e. The SMILES string of the molecule is Cc1ccc2nc(N3CCN(c4ccc(F)cc4)CC3)c(C=C3SC(=S)N(CCc4ccccc4)C3=O)c(=O)n2c1. The van der Waals surface area contributed by atoms with E-state index >= 15 is 0 Å². The number of amides is 1. The fourth-order valence-corrected chi connectivity index (χ4v) is 6.44. The van der Waals surface area contributed by atoms with Crippen LogP contribution in [0.1, 0.15) is 16.7 Å². The van der Waals surface area contributed by atoms with Gasteiger partial charge in [0.15, 0.2) is 0 Å². The molecular weight excluding hydrogens is 558 g/mol. The third kappa shape index (κ3) is 5.62. The minimum atomic E-state index is -0.265. The third-order valence-electron chi connectivity index (χ3n) is 7.37. The molecule has 2 fully saturated rings. The normalized spacial score (nSPS) is 16.8. The van der Waals surface area contributed by atoms with Gasteiger partial charge >= 0.3 is 0 Å². The van der Waals surface area contributed by atoms with Crippen molar-refractivity contribution in [3.63, 3.8) is 0 Å². The monoisotopic (exact) mass is 585 g/mol. The standard InChI is InChI=1S/C31H28FN5O2S2/c1-21-7-12-27-33-28(35-17-15-34(16-18-35)24-10-8-23(32)9-11-24)25(29(38)37(27)20-21)19-26-30(39)36(31(40)41-26)14-13-22-5-3-2-4-6-22/h2-12,19-20H,13-18H2,1H3. The molecular formula is C31H28FN5O2S2. The second-order valence-corrected chi connectivity index (χ2v) is 11.8. The lowest BCUT2D eigenvalue weighted by atomic mass is 10.1. The summed E-state index contributed by atoms with van der Waals surface area (Å²) in [6, 6.07) is 20.2. The molecule has 208 valence electrons. The van der Waals surface area contributed by atoms with E-state index in [0.29, 0.717) is 65.4 Å². The molecule has 2 aliphatic rings. The van der Waals surface area contributed by atoms with Crippen molar-refractivity contribution in [3.05, 3.63) is 111 Å². The second-order valence-electron chi connectivity index (χ2n) is 10.1. The molecule has 2 aliphatic heterocycles. The molecule has 2 aromatic heterocycles. The van der Waals surface area contributed by atoms with Gasteiger partial charge in [0, 0.05) is 44.6 Å². The molecule has 0 N–H and O–H groups in total. The van der Waals surface area contributed by atoms with Crippen LogP contribution in [0.25, 0.3) is 11.7 Å². The van der Waals surface area contributed by atoms with Crippen LogP contribution in [0.3, 0.4) is 0 Å². The first-order valence-electron chi connectivity index (χ1n) is 13.5. The highest BCUT2D eigenvalue weighted by Crippen LogP contribution is 2.34. The van der Waals surface area contributed by atoms with Gasteiger partial charge in [0.05, 0.1) is 10.5 Å². The molecule has 0 atom stereocenters. The summed E-state index contributed by atoms with van der Waals surface area (Å²) in [5.41, 5.74) is 3.69. The van der Waals surface area contributed by atoms with Gasteiger partial charge in [0.25, 0.3) is 11.5 Å². The molecule has 0 radical (unpaired) electrons. The Morgan fingerprint density at radius 2 is 1.66 bits per heavy atom. The number of carbonyl (C=O) groups excluding carboxylic acids is 1. The maximum absolute atomic E-state index is 13.9. The number of carbonyl (C=O) groups is 1. The Labute approximate surface area is 246 Å². The molecule has 4 aromatic rings. The van der Waals surface area contributed by atoms with Crippen LogP contribution in [-0.2, 0) is 11.2 Å². The number of halogens is 1. The smallest absolute Gasteiger partial charge is 0.267 e. The van der Waals surface area contributed by atoms with Crippen LogP contribution in [0.5, 0.6) is 0 Å². The second kappa shape index (κ2) is 11.5. The van der Waals surface area contributed by atoms with Crippen molar-refractivity contribution in [2.24, 2.45) is 0 Å². The highest BCUT2D eigenvalue weighted by molar-refractivity contribution is 8.26. The Morgan fingerprint density at radius 1 is 0.951 bits per heavy atom. The summed E-state index contributed by atoms with van der Waals surface area (Å²) in [5.74, 6) is 0.0856. The van der Waals surface area contributed by atoms with E-state index in [1.165, 1.54) is 28.3 Å². The average Bonchev–Trinajstić information content (AvgIpc) is 3.26. The summed E-state index contributed by atoms with van der Waals surface area (Å²) < 4.78 is 15.4. The zero-order valence-electron chi connectivity index (χ0n) is 22.5. The largest absolute Gasteiger partial charge is 0.368 e. The molecule has 0 aliphatic carbocycles. The van der Waals surface area contributed by atoms with Crippen LogP contribution in [0, 0.1) is 12.7 Å². The van der Waals surface area contributed by atoms with Crippen LogP contribution in [-0.4, -0.2) is 57.2 Å². The number of hydrogen-bond acceptors (Lipinski definition) is 7. The van der Waals surface area contributed by atoms with Crippen LogP contribution >= 0.6 is 24.0 Å². The van der Waals surface area contributed by atoms with Crippen molar-refractivity contribution in [2.45, 2.75) is 13.3 Å². The van der Waals surface area contributed by atoms with Crippen molar-refractivity contribution in [2.75, 3.05) is 42.5 Å². The average molecular weight is 586 g/mol. The van der Waals surface area contributed by atoms with Gasteiger partial charge in [0.2, 0.25) is 0 Å². The minimum absolute atomic E-state index is 0.197. The van der Waals surface area contributed by atoms with Gasteiger partial charge < -0.3 is 9.80 Å². The van der Waals surface area contributed by atoms with Crippen molar-refractivity contribution in [3.8, 4) is 0 Å². The lowest BCUT2D eigenvalue weighted by Crippen LogP contribution is -2.47. The van der Waals surface area contributed by atoms with E-state index in [0.717, 1.165) is 16.8 Å². The predicted molar refractivity (Wildman–Crippen MR) is 167 cm³/mol. The van der Waals surface area contributed by atoms with Gasteiger partial charge in [-0.25, -0.2) is 9.37 Å². The predicted octanol–water partition coefficient (Wildman–Crippen LogP) is 4.91. The highest BCUT2D eigenvalue weighted by atomic mass is 32.2. The molecule has 10 heteroatoms. The summed E-state index contributed by atoms with van der Waals surface area (Å²) in [6.07, 6.45) is 4.11. The van der Waals surface area contributed by atoms with Crippen molar-refractivity contribution in [1.82, 2.24) is 14.3 Å². The van der Waals surface area contributed by atoms with E-state index in [-0.39, 0.29) is 17.3 Å². The molecule has 6 rings (SSSR count). The van der Waals surface area contributed by atoms with Crippen molar-refractivity contribution >= 4 is 57.4 Å². The van der Waals surface area contributed by atoms with Crippen LogP contribution in [0.2, 0.25) is 0 Å². The number of aryl methyl sites for hydroxylation is 1. The Bertz CT molecular complexity index is 1710. The van der Waals surface area contributed by atoms with E-state index in [2.05, 4.69) is 9.80 Å². The number of rotatable bonds is 6. The van der Waals surface area contributed by atoms with Crippen molar-refractivity contribution in [1.29, 1.82) is 0 Å². The van der Waals surface area contributed by atoms with E-state index in [1.54, 1.807) is 29.3 Å². The number of fused-ring (bicyclic) bond motifs is 1. The number of benzene rings is 2. The highest BCUT2D eigenvalue weighted by Gasteiger charge is 2.33. The molecule has 4 heterocycles. The van der Waals surface area contributed by atoms with Crippen LogP contribution < -0.4 is 15.4 Å². The lowest BCUT2D eigenvalue weighted by Gasteiger charge is -2.37. The number of pyridine rings is 1. The molecule has 2 aromatic carbocycles. The van der Waals surface area contributed by atoms with Crippen LogP contribution in [0.4, 0.5) is 15.9 Å². The maximum atomic E-state index is 13.9. The number of hydrogen-bond donors (Lipinski definition) is 0. The molecule has 41 heavy (non-hydrogen) atoms. The molecule has 7 nitrogen and oxygen atoms in total. The van der Waals surface area contributed by atoms with Crippen LogP contribution in [0.15, 0.2) is 82.6 Å². The number of anilines is 2. The van der Waals surface area contributed by atoms with Gasteiger partial charge in [-0.1, -0.05) is 60.4 Å². The number of aromatic nitrogens is 2. The first kappa shape index (κ1) is 27.2. The van der Waals surface area contributed by atoms with E-state index in [4.69, 9.17) is 17.2 Å². The zero-order chi connectivity index (χ0) is 28.5.